The van der Waals surface area contributed by atoms with Gasteiger partial charge in [-0.25, -0.2) is 13.1 Å². The molecule has 1 fully saturated rings. The number of benzene rings is 1. The molecule has 7 heteroatoms. The van der Waals surface area contributed by atoms with Crippen molar-refractivity contribution in [2.45, 2.75) is 30.3 Å². The molecular formula is C13H16N4O2S. The second-order valence-electron chi connectivity index (χ2n) is 4.86. The number of aromatic nitrogens is 2. The summed E-state index contributed by atoms with van der Waals surface area (Å²) in [5, 5.41) is 9.91. The molecule has 0 radical (unpaired) electrons. The van der Waals surface area contributed by atoms with Crippen molar-refractivity contribution in [1.29, 1.82) is 0 Å². The van der Waals surface area contributed by atoms with Gasteiger partial charge in [-0.15, -0.1) is 0 Å². The topological polar surface area (TPSA) is 86.9 Å². The van der Waals surface area contributed by atoms with Gasteiger partial charge in [0.05, 0.1) is 17.1 Å². The molecular weight excluding hydrogens is 276 g/mol. The second-order valence-corrected chi connectivity index (χ2v) is 6.57. The zero-order chi connectivity index (χ0) is 14.0. The van der Waals surface area contributed by atoms with Crippen LogP contribution < -0.4 is 10.0 Å². The van der Waals surface area contributed by atoms with Crippen molar-refractivity contribution in [1.82, 2.24) is 14.9 Å². The summed E-state index contributed by atoms with van der Waals surface area (Å²) in [7, 11) is -3.37. The van der Waals surface area contributed by atoms with Gasteiger partial charge in [0, 0.05) is 17.9 Å². The molecule has 1 aromatic carbocycles. The van der Waals surface area contributed by atoms with Crippen LogP contribution in [0.4, 0.5) is 5.69 Å². The van der Waals surface area contributed by atoms with Crippen LogP contribution in [-0.4, -0.2) is 24.7 Å². The number of H-pyrrole nitrogens is 1. The monoisotopic (exact) mass is 292 g/mol. The molecule has 3 N–H and O–H groups in total. The molecule has 2 aromatic rings. The minimum Gasteiger partial charge on any atom is -0.379 e. The molecule has 1 aromatic heterocycles. The van der Waals surface area contributed by atoms with Crippen molar-refractivity contribution < 1.29 is 8.42 Å². The van der Waals surface area contributed by atoms with E-state index in [2.05, 4.69) is 20.2 Å². The molecule has 1 aliphatic rings. The van der Waals surface area contributed by atoms with Crippen LogP contribution in [-0.2, 0) is 16.6 Å². The summed E-state index contributed by atoms with van der Waals surface area (Å²) in [5.41, 5.74) is 1.84. The fourth-order valence-electron chi connectivity index (χ4n) is 1.82. The third-order valence-corrected chi connectivity index (χ3v) is 4.64. The number of nitrogens with zero attached hydrogens (tertiary/aromatic N) is 1. The van der Waals surface area contributed by atoms with Crippen LogP contribution in [0.3, 0.4) is 0 Å². The standard InChI is InChI=1S/C13H16N4O2S/c18-20(19,17-11-1-2-11)13-5-3-10(4-6-13)14-9-12-7-8-15-16-12/h3-8,11,14,17H,1-2,9H2,(H,15,16). The molecule has 1 heterocycles. The van der Waals surface area contributed by atoms with Crippen LogP contribution in [0.2, 0.25) is 0 Å². The fourth-order valence-corrected chi connectivity index (χ4v) is 3.13. The third kappa shape index (κ3) is 3.17. The summed E-state index contributed by atoms with van der Waals surface area (Å²) >= 11 is 0. The van der Waals surface area contributed by atoms with Gasteiger partial charge in [-0.1, -0.05) is 0 Å². The van der Waals surface area contributed by atoms with E-state index >= 15 is 0 Å². The zero-order valence-electron chi connectivity index (χ0n) is 10.8. The highest BCUT2D eigenvalue weighted by atomic mass is 32.2. The fraction of sp³-hybridized carbons (Fsp3) is 0.308. The van der Waals surface area contributed by atoms with Crippen LogP contribution >= 0.6 is 0 Å². The van der Waals surface area contributed by atoms with Crippen LogP contribution in [0.1, 0.15) is 18.5 Å². The van der Waals surface area contributed by atoms with Crippen molar-refractivity contribution in [2.75, 3.05) is 5.32 Å². The van der Waals surface area contributed by atoms with Crippen molar-refractivity contribution in [2.24, 2.45) is 0 Å². The summed E-state index contributed by atoms with van der Waals surface area (Å²) < 4.78 is 26.6. The number of nitrogens with one attached hydrogen (secondary N) is 3. The van der Waals surface area contributed by atoms with E-state index in [9.17, 15) is 8.42 Å². The van der Waals surface area contributed by atoms with Gasteiger partial charge >= 0.3 is 0 Å². The van der Waals surface area contributed by atoms with Gasteiger partial charge in [0.1, 0.15) is 0 Å². The molecule has 0 unspecified atom stereocenters. The maximum absolute atomic E-state index is 12.0. The lowest BCUT2D eigenvalue weighted by atomic mass is 10.3. The second kappa shape index (κ2) is 5.26. The van der Waals surface area contributed by atoms with E-state index in [0.29, 0.717) is 11.4 Å². The maximum Gasteiger partial charge on any atom is 0.240 e. The first-order valence-corrected chi connectivity index (χ1v) is 7.96. The first kappa shape index (κ1) is 13.1. The van der Waals surface area contributed by atoms with E-state index in [-0.39, 0.29) is 6.04 Å². The average molecular weight is 292 g/mol. The first-order valence-electron chi connectivity index (χ1n) is 6.48. The number of sulfonamides is 1. The van der Waals surface area contributed by atoms with Gasteiger partial charge < -0.3 is 5.32 Å². The van der Waals surface area contributed by atoms with Crippen molar-refractivity contribution in [3.8, 4) is 0 Å². The van der Waals surface area contributed by atoms with Crippen LogP contribution in [0.25, 0.3) is 0 Å². The lowest BCUT2D eigenvalue weighted by Crippen LogP contribution is -2.25. The minimum absolute atomic E-state index is 0.123. The van der Waals surface area contributed by atoms with Gasteiger partial charge in [-0.2, -0.15) is 5.10 Å². The maximum atomic E-state index is 12.0. The highest BCUT2D eigenvalue weighted by Gasteiger charge is 2.27. The van der Waals surface area contributed by atoms with Gasteiger partial charge in [0.15, 0.2) is 0 Å². The predicted molar refractivity (Wildman–Crippen MR) is 75.7 cm³/mol. The lowest BCUT2D eigenvalue weighted by Gasteiger charge is -2.08. The Bertz CT molecular complexity index is 661. The Labute approximate surface area is 117 Å². The summed E-state index contributed by atoms with van der Waals surface area (Å²) in [6, 6.07) is 8.75. The number of anilines is 1. The highest BCUT2D eigenvalue weighted by Crippen LogP contribution is 2.22. The Morgan fingerprint density at radius 1 is 1.20 bits per heavy atom. The van der Waals surface area contributed by atoms with E-state index in [1.807, 2.05) is 6.07 Å². The van der Waals surface area contributed by atoms with Crippen molar-refractivity contribution in [3.63, 3.8) is 0 Å². The molecule has 1 saturated carbocycles. The normalized spacial score (nSPS) is 15.2. The third-order valence-electron chi connectivity index (χ3n) is 3.11. The quantitative estimate of drug-likeness (QED) is 0.752. The van der Waals surface area contributed by atoms with Gasteiger partial charge in [0.25, 0.3) is 0 Å². The minimum atomic E-state index is -3.37. The Hall–Kier alpha value is -1.86. The molecule has 0 bridgehead atoms. The van der Waals surface area contributed by atoms with E-state index in [0.717, 1.165) is 24.2 Å². The number of hydrogen-bond acceptors (Lipinski definition) is 4. The molecule has 3 rings (SSSR count). The predicted octanol–water partition coefficient (Wildman–Crippen LogP) is 1.46. The molecule has 0 atom stereocenters. The molecule has 6 nitrogen and oxygen atoms in total. The Morgan fingerprint density at radius 2 is 1.95 bits per heavy atom. The molecule has 0 saturated heterocycles. The molecule has 0 spiro atoms. The Morgan fingerprint density at radius 3 is 2.55 bits per heavy atom. The summed E-state index contributed by atoms with van der Waals surface area (Å²) in [4.78, 5) is 0.302. The average Bonchev–Trinajstić information content (AvgIpc) is 3.08. The van der Waals surface area contributed by atoms with E-state index < -0.39 is 10.0 Å². The van der Waals surface area contributed by atoms with Crippen LogP contribution in [0, 0.1) is 0 Å². The summed E-state index contributed by atoms with van der Waals surface area (Å²) in [6.07, 6.45) is 3.56. The zero-order valence-corrected chi connectivity index (χ0v) is 11.7. The van der Waals surface area contributed by atoms with Crippen molar-refractivity contribution in [3.05, 3.63) is 42.2 Å². The Balaban J connectivity index is 1.64. The van der Waals surface area contributed by atoms with Crippen LogP contribution in [0.5, 0.6) is 0 Å². The number of aromatic amines is 1. The SMILES string of the molecule is O=S(=O)(NC1CC1)c1ccc(NCc2ccn[nH]2)cc1. The van der Waals surface area contributed by atoms with Crippen molar-refractivity contribution >= 4 is 15.7 Å². The lowest BCUT2D eigenvalue weighted by molar-refractivity contribution is 0.581. The van der Waals surface area contributed by atoms with Gasteiger partial charge in [-0.05, 0) is 43.2 Å². The largest absolute Gasteiger partial charge is 0.379 e. The van der Waals surface area contributed by atoms with Crippen LogP contribution in [0.15, 0.2) is 41.4 Å². The molecule has 1 aliphatic carbocycles. The molecule has 0 aliphatic heterocycles. The van der Waals surface area contributed by atoms with Gasteiger partial charge in [0.2, 0.25) is 10.0 Å². The smallest absolute Gasteiger partial charge is 0.240 e. The van der Waals surface area contributed by atoms with E-state index in [4.69, 9.17) is 0 Å². The molecule has 0 amide bonds. The molecule has 106 valence electrons. The summed E-state index contributed by atoms with van der Waals surface area (Å²) in [6.45, 7) is 0.617. The highest BCUT2D eigenvalue weighted by molar-refractivity contribution is 7.89. The molecule has 20 heavy (non-hydrogen) atoms. The summed E-state index contributed by atoms with van der Waals surface area (Å²) in [5.74, 6) is 0. The van der Waals surface area contributed by atoms with E-state index in [1.54, 1.807) is 30.5 Å². The Kier molecular flexibility index (Phi) is 3.45. The van der Waals surface area contributed by atoms with Gasteiger partial charge in [-0.3, -0.25) is 5.10 Å². The number of rotatable bonds is 6. The first-order chi connectivity index (χ1) is 9.63. The number of hydrogen-bond donors (Lipinski definition) is 3. The van der Waals surface area contributed by atoms with E-state index in [1.165, 1.54) is 0 Å².